The van der Waals surface area contributed by atoms with Gasteiger partial charge in [0.15, 0.2) is 0 Å². The van der Waals surface area contributed by atoms with Gasteiger partial charge < -0.3 is 5.32 Å². The number of anilines is 1. The monoisotopic (exact) mass is 408 g/mol. The molecule has 3 aromatic carbocycles. The molecule has 0 atom stereocenters. The molecule has 0 saturated carbocycles. The summed E-state index contributed by atoms with van der Waals surface area (Å²) in [6.07, 6.45) is 0. The van der Waals surface area contributed by atoms with Gasteiger partial charge in [-0.3, -0.25) is 4.79 Å². The van der Waals surface area contributed by atoms with Crippen LogP contribution in [0.15, 0.2) is 83.8 Å². The minimum Gasteiger partial charge on any atom is -0.322 e. The van der Waals surface area contributed by atoms with Crippen molar-refractivity contribution in [2.45, 2.75) is 24.8 Å². The van der Waals surface area contributed by atoms with Crippen molar-refractivity contribution in [3.63, 3.8) is 0 Å². The molecule has 0 saturated heterocycles. The normalized spacial score (nSPS) is 11.6. The predicted octanol–water partition coefficient (Wildman–Crippen LogP) is 4.63. The number of hydrogen-bond acceptors (Lipinski definition) is 3. The minimum atomic E-state index is -3.56. The van der Waals surface area contributed by atoms with Crippen molar-refractivity contribution in [2.75, 3.05) is 12.4 Å². The molecule has 6 heteroatoms. The molecule has 0 radical (unpaired) electrons. The van der Waals surface area contributed by atoms with Gasteiger partial charge in [-0.05, 0) is 55.3 Å². The highest BCUT2D eigenvalue weighted by Gasteiger charge is 2.23. The molecule has 0 aliphatic rings. The second-order valence-corrected chi connectivity index (χ2v) is 9.00. The zero-order valence-corrected chi connectivity index (χ0v) is 17.5. The Morgan fingerprint density at radius 3 is 2.07 bits per heavy atom. The number of benzene rings is 3. The maximum absolute atomic E-state index is 12.9. The van der Waals surface area contributed by atoms with E-state index in [0.717, 1.165) is 11.1 Å². The summed E-state index contributed by atoms with van der Waals surface area (Å²) < 4.78 is 26.5. The molecular formula is C23H24N2O3S. The number of carbonyl (C=O) groups excluding carboxylic acids is 1. The Balaban J connectivity index is 1.83. The average Bonchev–Trinajstić information content (AvgIpc) is 2.74. The Bertz CT molecular complexity index is 1090. The number of sulfonamides is 1. The van der Waals surface area contributed by atoms with Gasteiger partial charge in [0.25, 0.3) is 5.91 Å². The molecule has 0 spiro atoms. The van der Waals surface area contributed by atoms with Crippen LogP contribution in [-0.4, -0.2) is 31.7 Å². The van der Waals surface area contributed by atoms with Crippen LogP contribution in [0, 0.1) is 0 Å². The highest BCUT2D eigenvalue weighted by molar-refractivity contribution is 7.89. The van der Waals surface area contributed by atoms with Crippen molar-refractivity contribution in [3.8, 4) is 11.1 Å². The van der Waals surface area contributed by atoms with Crippen molar-refractivity contribution in [1.29, 1.82) is 0 Å². The van der Waals surface area contributed by atoms with E-state index in [1.807, 2.05) is 62.4 Å². The van der Waals surface area contributed by atoms with Crippen LogP contribution in [0.3, 0.4) is 0 Å². The maximum atomic E-state index is 12.9. The summed E-state index contributed by atoms with van der Waals surface area (Å²) >= 11 is 0. The Morgan fingerprint density at radius 2 is 1.45 bits per heavy atom. The van der Waals surface area contributed by atoms with E-state index in [2.05, 4.69) is 5.32 Å². The molecule has 1 amide bonds. The van der Waals surface area contributed by atoms with Gasteiger partial charge in [-0.1, -0.05) is 48.5 Å². The molecule has 0 unspecified atom stereocenters. The summed E-state index contributed by atoms with van der Waals surface area (Å²) in [6, 6.07) is 23.2. The number of hydrogen-bond donors (Lipinski definition) is 1. The Kier molecular flexibility index (Phi) is 6.15. The summed E-state index contributed by atoms with van der Waals surface area (Å²) in [7, 11) is -2.01. The Morgan fingerprint density at radius 1 is 0.862 bits per heavy atom. The van der Waals surface area contributed by atoms with Crippen molar-refractivity contribution in [3.05, 3.63) is 84.4 Å². The van der Waals surface area contributed by atoms with Crippen LogP contribution < -0.4 is 5.32 Å². The fraction of sp³-hybridized carbons (Fsp3) is 0.174. The number of carbonyl (C=O) groups is 1. The van der Waals surface area contributed by atoms with Gasteiger partial charge in [0.2, 0.25) is 10.0 Å². The van der Waals surface area contributed by atoms with Gasteiger partial charge in [-0.15, -0.1) is 0 Å². The molecule has 0 bridgehead atoms. The van der Waals surface area contributed by atoms with E-state index in [9.17, 15) is 13.2 Å². The van der Waals surface area contributed by atoms with Gasteiger partial charge >= 0.3 is 0 Å². The molecule has 0 aliphatic carbocycles. The molecule has 1 N–H and O–H groups in total. The molecular weight excluding hydrogens is 384 g/mol. The van der Waals surface area contributed by atoms with Crippen LogP contribution in [0.1, 0.15) is 24.2 Å². The lowest BCUT2D eigenvalue weighted by Crippen LogP contribution is -2.33. The zero-order valence-electron chi connectivity index (χ0n) is 16.7. The number of rotatable bonds is 6. The predicted molar refractivity (Wildman–Crippen MR) is 116 cm³/mol. The van der Waals surface area contributed by atoms with Crippen molar-refractivity contribution < 1.29 is 13.2 Å². The van der Waals surface area contributed by atoms with E-state index in [1.165, 1.54) is 16.4 Å². The molecule has 0 heterocycles. The summed E-state index contributed by atoms with van der Waals surface area (Å²) in [4.78, 5) is 13.0. The highest BCUT2D eigenvalue weighted by Crippen LogP contribution is 2.25. The summed E-state index contributed by atoms with van der Waals surface area (Å²) in [5, 5.41) is 2.85. The topological polar surface area (TPSA) is 66.5 Å². The molecule has 0 aliphatic heterocycles. The van der Waals surface area contributed by atoms with Gasteiger partial charge in [0.05, 0.1) is 4.90 Å². The summed E-state index contributed by atoms with van der Waals surface area (Å²) in [5.74, 6) is -0.251. The Hall–Kier alpha value is -2.96. The molecule has 0 fully saturated rings. The second-order valence-electron chi connectivity index (χ2n) is 7.01. The van der Waals surface area contributed by atoms with Crippen molar-refractivity contribution in [1.82, 2.24) is 4.31 Å². The van der Waals surface area contributed by atoms with E-state index in [0.29, 0.717) is 11.3 Å². The summed E-state index contributed by atoms with van der Waals surface area (Å²) in [5.41, 5.74) is 2.87. The lowest BCUT2D eigenvalue weighted by Gasteiger charge is -2.21. The lowest BCUT2D eigenvalue weighted by molar-refractivity contribution is 0.102. The SMILES string of the molecule is CC(C)N(C)S(=O)(=O)c1ccc(NC(=O)c2ccccc2-c2ccccc2)cc1. The van der Waals surface area contributed by atoms with Crippen LogP contribution in [0.5, 0.6) is 0 Å². The molecule has 5 nitrogen and oxygen atoms in total. The number of nitrogens with zero attached hydrogens (tertiary/aromatic N) is 1. The van der Waals surface area contributed by atoms with E-state index < -0.39 is 10.0 Å². The van der Waals surface area contributed by atoms with Crippen LogP contribution in [0.2, 0.25) is 0 Å². The molecule has 3 aromatic rings. The highest BCUT2D eigenvalue weighted by atomic mass is 32.2. The lowest BCUT2D eigenvalue weighted by atomic mass is 9.99. The van der Waals surface area contributed by atoms with E-state index in [1.54, 1.807) is 25.2 Å². The van der Waals surface area contributed by atoms with Crippen molar-refractivity contribution >= 4 is 21.6 Å². The second kappa shape index (κ2) is 8.59. The van der Waals surface area contributed by atoms with Crippen LogP contribution in [0.4, 0.5) is 5.69 Å². The van der Waals surface area contributed by atoms with E-state index in [-0.39, 0.29) is 16.8 Å². The quantitative estimate of drug-likeness (QED) is 0.646. The third-order valence-electron chi connectivity index (χ3n) is 4.77. The zero-order chi connectivity index (χ0) is 21.0. The van der Waals surface area contributed by atoms with Gasteiger partial charge in [-0.25, -0.2) is 8.42 Å². The number of amides is 1. The first-order valence-electron chi connectivity index (χ1n) is 9.34. The third-order valence-corrected chi connectivity index (χ3v) is 6.82. The van der Waals surface area contributed by atoms with Crippen LogP contribution in [-0.2, 0) is 10.0 Å². The molecule has 150 valence electrons. The van der Waals surface area contributed by atoms with Gasteiger partial charge in [0, 0.05) is 24.3 Å². The Labute approximate surface area is 172 Å². The van der Waals surface area contributed by atoms with Gasteiger partial charge in [0.1, 0.15) is 0 Å². The maximum Gasteiger partial charge on any atom is 0.256 e. The van der Waals surface area contributed by atoms with Crippen LogP contribution >= 0.6 is 0 Å². The standard InChI is InChI=1S/C23H24N2O3S/c1-17(2)25(3)29(27,28)20-15-13-19(14-16-20)24-23(26)22-12-8-7-11-21(22)18-9-5-4-6-10-18/h4-17H,1-3H3,(H,24,26). The van der Waals surface area contributed by atoms with E-state index >= 15 is 0 Å². The number of nitrogens with one attached hydrogen (secondary N) is 1. The summed E-state index contributed by atoms with van der Waals surface area (Å²) in [6.45, 7) is 3.63. The molecule has 0 aromatic heterocycles. The van der Waals surface area contributed by atoms with Crippen LogP contribution in [0.25, 0.3) is 11.1 Å². The van der Waals surface area contributed by atoms with Gasteiger partial charge in [-0.2, -0.15) is 4.31 Å². The largest absolute Gasteiger partial charge is 0.322 e. The first-order chi connectivity index (χ1) is 13.8. The average molecular weight is 409 g/mol. The molecule has 3 rings (SSSR count). The third kappa shape index (κ3) is 4.55. The molecule has 29 heavy (non-hydrogen) atoms. The fourth-order valence-corrected chi connectivity index (χ4v) is 4.27. The first kappa shape index (κ1) is 20.8. The fourth-order valence-electron chi connectivity index (χ4n) is 2.90. The minimum absolute atomic E-state index is 0.145. The first-order valence-corrected chi connectivity index (χ1v) is 10.8. The van der Waals surface area contributed by atoms with E-state index in [4.69, 9.17) is 0 Å². The van der Waals surface area contributed by atoms with Crippen molar-refractivity contribution in [2.24, 2.45) is 0 Å². The smallest absolute Gasteiger partial charge is 0.256 e.